The van der Waals surface area contributed by atoms with Gasteiger partial charge in [-0.05, 0) is 18.9 Å². The van der Waals surface area contributed by atoms with Gasteiger partial charge in [-0.1, -0.05) is 42.0 Å². The van der Waals surface area contributed by atoms with Crippen LogP contribution in [-0.4, -0.2) is 16.9 Å². The lowest BCUT2D eigenvalue weighted by molar-refractivity contribution is -0.313. The van der Waals surface area contributed by atoms with Crippen molar-refractivity contribution in [1.82, 2.24) is 4.98 Å². The van der Waals surface area contributed by atoms with Gasteiger partial charge in [0.1, 0.15) is 0 Å². The zero-order valence-electron chi connectivity index (χ0n) is 12.6. The van der Waals surface area contributed by atoms with Gasteiger partial charge in [0, 0.05) is 27.9 Å². The van der Waals surface area contributed by atoms with E-state index in [4.69, 9.17) is 11.6 Å². The Balaban J connectivity index is 1.75. The van der Waals surface area contributed by atoms with Crippen LogP contribution in [-0.2, 0) is 9.59 Å². The molecule has 24 heavy (non-hydrogen) atoms. The minimum atomic E-state index is -1.20. The van der Waals surface area contributed by atoms with Gasteiger partial charge in [0.05, 0.1) is 11.6 Å². The Bertz CT molecular complexity index is 803. The molecule has 1 amide bonds. The van der Waals surface area contributed by atoms with Crippen molar-refractivity contribution in [2.24, 2.45) is 11.8 Å². The maximum Gasteiger partial charge on any atom is 0.230 e. The number of hydrogen-bond acceptors (Lipinski definition) is 5. The number of nitrogens with one attached hydrogen (secondary N) is 1. The Hall–Kier alpha value is -2.18. The molecule has 1 aliphatic carbocycles. The molecule has 1 N–H and O–H groups in total. The number of carbonyl (C=O) groups excluding carboxylic acids is 2. The van der Waals surface area contributed by atoms with Gasteiger partial charge in [0.2, 0.25) is 5.91 Å². The lowest BCUT2D eigenvalue weighted by atomic mass is 9.82. The van der Waals surface area contributed by atoms with E-state index < -0.39 is 17.8 Å². The number of amides is 1. The van der Waals surface area contributed by atoms with Crippen molar-refractivity contribution in [3.05, 3.63) is 46.8 Å². The molecular formula is C17H14ClN2O3S-. The summed E-state index contributed by atoms with van der Waals surface area (Å²) < 4.78 is 0. The third kappa shape index (κ3) is 3.49. The highest BCUT2D eigenvalue weighted by molar-refractivity contribution is 7.14. The summed E-state index contributed by atoms with van der Waals surface area (Å²) in [5.41, 5.74) is 1.45. The van der Waals surface area contributed by atoms with E-state index in [-0.39, 0.29) is 5.91 Å². The Kier molecular flexibility index (Phi) is 4.97. The Morgan fingerprint density at radius 1 is 1.21 bits per heavy atom. The molecular weight excluding hydrogens is 348 g/mol. The summed E-state index contributed by atoms with van der Waals surface area (Å²) in [5, 5.41) is 16.7. The molecule has 0 bridgehead atoms. The van der Waals surface area contributed by atoms with Crippen LogP contribution in [0.25, 0.3) is 11.3 Å². The number of carboxylic acid groups (broad SMARTS) is 1. The van der Waals surface area contributed by atoms with Crippen LogP contribution in [0.1, 0.15) is 12.8 Å². The molecule has 0 saturated heterocycles. The lowest BCUT2D eigenvalue weighted by Gasteiger charge is -2.27. The van der Waals surface area contributed by atoms with Crippen LogP contribution in [0.3, 0.4) is 0 Å². The van der Waals surface area contributed by atoms with Crippen molar-refractivity contribution in [3.63, 3.8) is 0 Å². The number of carboxylic acids is 1. The Labute approximate surface area is 148 Å². The molecule has 2 aromatic rings. The minimum Gasteiger partial charge on any atom is -0.550 e. The number of rotatable bonds is 4. The normalized spacial score (nSPS) is 19.9. The van der Waals surface area contributed by atoms with Gasteiger partial charge in [-0.2, -0.15) is 0 Å². The molecule has 0 saturated carbocycles. The van der Waals surface area contributed by atoms with E-state index in [9.17, 15) is 14.7 Å². The van der Waals surface area contributed by atoms with Crippen LogP contribution < -0.4 is 10.4 Å². The standard InChI is InChI=1S/C17H15ClN2O3S/c18-13-8-4-3-7-12(13)14-9-24-17(19-14)20-15(21)10-5-1-2-6-11(10)16(22)23/h1-4,7-11H,5-6H2,(H,22,23)(H,19,20,21)/p-1/t10-,11+/m1/s1. The third-order valence-corrected chi connectivity index (χ3v) is 5.04. The molecule has 124 valence electrons. The fraction of sp³-hybridized carbons (Fsp3) is 0.235. The monoisotopic (exact) mass is 361 g/mol. The smallest absolute Gasteiger partial charge is 0.230 e. The predicted octanol–water partition coefficient (Wildman–Crippen LogP) is 2.73. The number of thiazole rings is 1. The number of aromatic nitrogens is 1. The maximum absolute atomic E-state index is 12.4. The summed E-state index contributed by atoms with van der Waals surface area (Å²) in [6.45, 7) is 0. The molecule has 0 aliphatic heterocycles. The quantitative estimate of drug-likeness (QED) is 0.849. The van der Waals surface area contributed by atoms with Crippen LogP contribution in [0.2, 0.25) is 5.02 Å². The van der Waals surface area contributed by atoms with Crippen LogP contribution >= 0.6 is 22.9 Å². The van der Waals surface area contributed by atoms with E-state index in [1.807, 2.05) is 24.3 Å². The highest BCUT2D eigenvalue weighted by atomic mass is 35.5. The summed E-state index contributed by atoms with van der Waals surface area (Å²) in [6.07, 6.45) is 4.28. The number of anilines is 1. The first-order valence-electron chi connectivity index (χ1n) is 7.43. The fourth-order valence-electron chi connectivity index (χ4n) is 2.69. The van der Waals surface area contributed by atoms with Crippen LogP contribution in [0.15, 0.2) is 41.8 Å². The molecule has 1 aromatic carbocycles. The lowest BCUT2D eigenvalue weighted by Crippen LogP contribution is -2.41. The summed E-state index contributed by atoms with van der Waals surface area (Å²) in [7, 11) is 0. The number of benzene rings is 1. The van der Waals surface area contributed by atoms with Crippen LogP contribution in [0.4, 0.5) is 5.13 Å². The zero-order valence-corrected chi connectivity index (χ0v) is 14.1. The maximum atomic E-state index is 12.4. The fourth-order valence-corrected chi connectivity index (χ4v) is 3.63. The van der Waals surface area contributed by atoms with Crippen molar-refractivity contribution in [2.75, 3.05) is 5.32 Å². The summed E-state index contributed by atoms with van der Waals surface area (Å²) in [6, 6.07) is 7.31. The second-order valence-electron chi connectivity index (χ2n) is 5.48. The topological polar surface area (TPSA) is 82.1 Å². The first kappa shape index (κ1) is 16.7. The van der Waals surface area contributed by atoms with Gasteiger partial charge in [-0.25, -0.2) is 4.98 Å². The van der Waals surface area contributed by atoms with Gasteiger partial charge in [-0.3, -0.25) is 4.79 Å². The molecule has 1 aliphatic rings. The molecule has 2 atom stereocenters. The SMILES string of the molecule is O=C([O-])[C@H]1CC=CC[C@H]1C(=O)Nc1nc(-c2ccccc2Cl)cs1. The molecule has 0 spiro atoms. The van der Waals surface area contributed by atoms with Crippen molar-refractivity contribution in [3.8, 4) is 11.3 Å². The van der Waals surface area contributed by atoms with E-state index in [1.54, 1.807) is 17.5 Å². The van der Waals surface area contributed by atoms with E-state index in [1.165, 1.54) is 11.3 Å². The van der Waals surface area contributed by atoms with Crippen molar-refractivity contribution in [2.45, 2.75) is 12.8 Å². The van der Waals surface area contributed by atoms with Crippen molar-refractivity contribution in [1.29, 1.82) is 0 Å². The number of hydrogen-bond donors (Lipinski definition) is 1. The third-order valence-electron chi connectivity index (χ3n) is 3.96. The van der Waals surface area contributed by atoms with Gasteiger partial charge in [0.25, 0.3) is 0 Å². The first-order chi connectivity index (χ1) is 11.6. The second kappa shape index (κ2) is 7.15. The number of aliphatic carboxylic acids is 1. The van der Waals surface area contributed by atoms with Crippen LogP contribution in [0.5, 0.6) is 0 Å². The number of carbonyl (C=O) groups is 2. The minimum absolute atomic E-state index is 0.309. The van der Waals surface area contributed by atoms with Crippen molar-refractivity contribution < 1.29 is 14.7 Å². The highest BCUT2D eigenvalue weighted by Gasteiger charge is 2.30. The average Bonchev–Trinajstić information content (AvgIpc) is 3.03. The molecule has 0 fully saturated rings. The number of allylic oxidation sites excluding steroid dienone is 2. The Morgan fingerprint density at radius 3 is 2.62 bits per heavy atom. The van der Waals surface area contributed by atoms with E-state index >= 15 is 0 Å². The average molecular weight is 362 g/mol. The van der Waals surface area contributed by atoms with Gasteiger partial charge in [0.15, 0.2) is 5.13 Å². The molecule has 5 nitrogen and oxygen atoms in total. The van der Waals surface area contributed by atoms with Gasteiger partial charge in [-0.15, -0.1) is 11.3 Å². The van der Waals surface area contributed by atoms with Crippen LogP contribution in [0, 0.1) is 11.8 Å². The van der Waals surface area contributed by atoms with Gasteiger partial charge < -0.3 is 15.2 Å². The molecule has 1 aromatic heterocycles. The zero-order chi connectivity index (χ0) is 17.1. The predicted molar refractivity (Wildman–Crippen MR) is 91.6 cm³/mol. The molecule has 3 rings (SSSR count). The summed E-state index contributed by atoms with van der Waals surface area (Å²) in [5.74, 6) is -3.00. The molecule has 0 radical (unpaired) electrons. The number of nitrogens with zero attached hydrogens (tertiary/aromatic N) is 1. The second-order valence-corrected chi connectivity index (χ2v) is 6.75. The van der Waals surface area contributed by atoms with E-state index in [0.717, 1.165) is 5.56 Å². The molecule has 7 heteroatoms. The van der Waals surface area contributed by atoms with Crippen molar-refractivity contribution >= 4 is 39.9 Å². The van der Waals surface area contributed by atoms with E-state index in [2.05, 4.69) is 10.3 Å². The first-order valence-corrected chi connectivity index (χ1v) is 8.69. The highest BCUT2D eigenvalue weighted by Crippen LogP contribution is 2.31. The molecule has 1 heterocycles. The Morgan fingerprint density at radius 2 is 1.92 bits per heavy atom. The summed E-state index contributed by atoms with van der Waals surface area (Å²) >= 11 is 7.42. The largest absolute Gasteiger partial charge is 0.550 e. The summed E-state index contributed by atoms with van der Waals surface area (Å²) in [4.78, 5) is 28.0. The van der Waals surface area contributed by atoms with E-state index in [0.29, 0.717) is 28.7 Å². The molecule has 0 unspecified atom stereocenters. The van der Waals surface area contributed by atoms with Gasteiger partial charge >= 0.3 is 0 Å². The number of halogens is 1.